The number of carboxylic acid groups (broad SMARTS) is 1. The fourth-order valence-electron chi connectivity index (χ4n) is 2.19. The van der Waals surface area contributed by atoms with Crippen molar-refractivity contribution in [3.63, 3.8) is 0 Å². The van der Waals surface area contributed by atoms with E-state index in [0.717, 1.165) is 5.56 Å². The van der Waals surface area contributed by atoms with Crippen LogP contribution in [0.1, 0.15) is 39.2 Å². The third kappa shape index (κ3) is 3.54. The van der Waals surface area contributed by atoms with Crippen LogP contribution in [0.3, 0.4) is 0 Å². The van der Waals surface area contributed by atoms with Gasteiger partial charge < -0.3 is 9.84 Å². The fraction of sp³-hybridized carbons (Fsp3) is 0.500. The Balaban J connectivity index is 2.23. The van der Waals surface area contributed by atoms with Gasteiger partial charge in [-0.2, -0.15) is 0 Å². The number of carbonyl (C=O) groups excluding carboxylic acids is 1. The van der Waals surface area contributed by atoms with E-state index in [1.54, 1.807) is 20.8 Å². The molecule has 1 amide bonds. The first-order valence-corrected chi connectivity index (χ1v) is 7.02. The summed E-state index contributed by atoms with van der Waals surface area (Å²) in [4.78, 5) is 25.3. The highest BCUT2D eigenvalue weighted by atomic mass is 16.6. The van der Waals surface area contributed by atoms with Crippen molar-refractivity contribution in [3.8, 4) is 0 Å². The number of nitrogens with zero attached hydrogens (tertiary/aromatic N) is 1. The summed E-state index contributed by atoms with van der Waals surface area (Å²) < 4.78 is 5.37. The molecule has 1 N–H and O–H groups in total. The van der Waals surface area contributed by atoms with Crippen molar-refractivity contribution in [2.45, 2.75) is 51.3 Å². The summed E-state index contributed by atoms with van der Waals surface area (Å²) in [6.45, 7) is 5.55. The maximum Gasteiger partial charge on any atom is 0.411 e. The Bertz CT molecular complexity index is 529. The highest BCUT2D eigenvalue weighted by Gasteiger charge is 2.57. The topological polar surface area (TPSA) is 66.8 Å². The molecule has 0 aromatic heterocycles. The lowest BCUT2D eigenvalue weighted by Gasteiger charge is -2.31. The molecule has 1 aromatic rings. The summed E-state index contributed by atoms with van der Waals surface area (Å²) in [5, 5.41) is 9.45. The van der Waals surface area contributed by atoms with E-state index < -0.39 is 23.2 Å². The van der Waals surface area contributed by atoms with E-state index in [4.69, 9.17) is 4.74 Å². The first-order chi connectivity index (χ1) is 9.74. The molecule has 1 fully saturated rings. The Labute approximate surface area is 124 Å². The molecule has 1 aliphatic rings. The fourth-order valence-corrected chi connectivity index (χ4v) is 2.19. The summed E-state index contributed by atoms with van der Waals surface area (Å²) in [6.07, 6.45) is 0.356. The molecule has 0 heterocycles. The van der Waals surface area contributed by atoms with Crippen LogP contribution in [0.25, 0.3) is 0 Å². The van der Waals surface area contributed by atoms with Gasteiger partial charge >= 0.3 is 12.1 Å². The standard InChI is InChI=1S/C16H21NO4/c1-15(2,3)21-14(20)17(16(9-10-16)13(18)19)11-12-7-5-4-6-8-12/h4-8H,9-11H2,1-3H3,(H,18,19). The lowest BCUT2D eigenvalue weighted by Crippen LogP contribution is -2.48. The predicted molar refractivity (Wildman–Crippen MR) is 77.8 cm³/mol. The summed E-state index contributed by atoms with van der Waals surface area (Å²) in [6, 6.07) is 9.35. The number of hydrogen-bond donors (Lipinski definition) is 1. The number of amides is 1. The molecule has 5 nitrogen and oxygen atoms in total. The monoisotopic (exact) mass is 291 g/mol. The van der Waals surface area contributed by atoms with Gasteiger partial charge in [0.25, 0.3) is 0 Å². The minimum absolute atomic E-state index is 0.238. The Morgan fingerprint density at radius 2 is 1.81 bits per heavy atom. The largest absolute Gasteiger partial charge is 0.479 e. The molecule has 0 unspecified atom stereocenters. The van der Waals surface area contributed by atoms with Gasteiger partial charge in [0.15, 0.2) is 0 Å². The minimum atomic E-state index is -1.11. The van der Waals surface area contributed by atoms with Crippen molar-refractivity contribution in [3.05, 3.63) is 35.9 Å². The van der Waals surface area contributed by atoms with Gasteiger partial charge in [0.2, 0.25) is 0 Å². The van der Waals surface area contributed by atoms with E-state index in [-0.39, 0.29) is 6.54 Å². The zero-order chi connectivity index (χ0) is 15.7. The molecular weight excluding hydrogens is 270 g/mol. The SMILES string of the molecule is CC(C)(C)OC(=O)N(Cc1ccccc1)C1(C(=O)O)CC1. The van der Waals surface area contributed by atoms with Gasteiger partial charge in [-0.25, -0.2) is 9.59 Å². The molecule has 0 atom stereocenters. The van der Waals surface area contributed by atoms with E-state index in [1.807, 2.05) is 30.3 Å². The van der Waals surface area contributed by atoms with Gasteiger partial charge in [-0.05, 0) is 39.2 Å². The minimum Gasteiger partial charge on any atom is -0.479 e. The summed E-state index contributed by atoms with van der Waals surface area (Å²) in [5.41, 5.74) is -0.880. The van der Waals surface area contributed by atoms with Gasteiger partial charge in [0.05, 0.1) is 6.54 Å². The highest BCUT2D eigenvalue weighted by molar-refractivity contribution is 5.87. The highest BCUT2D eigenvalue weighted by Crippen LogP contribution is 2.43. The van der Waals surface area contributed by atoms with Crippen molar-refractivity contribution >= 4 is 12.1 Å². The zero-order valence-corrected chi connectivity index (χ0v) is 12.6. The average molecular weight is 291 g/mol. The van der Waals surface area contributed by atoms with E-state index in [2.05, 4.69) is 0 Å². The lowest BCUT2D eigenvalue weighted by atomic mass is 10.1. The molecule has 0 aliphatic heterocycles. The van der Waals surface area contributed by atoms with Crippen LogP contribution in [-0.2, 0) is 16.1 Å². The van der Waals surface area contributed by atoms with E-state index >= 15 is 0 Å². The first kappa shape index (κ1) is 15.4. The molecule has 5 heteroatoms. The van der Waals surface area contributed by atoms with Crippen LogP contribution < -0.4 is 0 Å². The van der Waals surface area contributed by atoms with Gasteiger partial charge in [-0.15, -0.1) is 0 Å². The maximum atomic E-state index is 12.4. The van der Waals surface area contributed by atoms with E-state index in [1.165, 1.54) is 4.90 Å². The van der Waals surface area contributed by atoms with Crippen LogP contribution >= 0.6 is 0 Å². The second-order valence-electron chi connectivity index (χ2n) is 6.39. The van der Waals surface area contributed by atoms with Crippen molar-refractivity contribution < 1.29 is 19.4 Å². The second-order valence-corrected chi connectivity index (χ2v) is 6.39. The summed E-state index contributed by atoms with van der Waals surface area (Å²) in [5.74, 6) is -0.968. The second kappa shape index (κ2) is 5.39. The van der Waals surface area contributed by atoms with Crippen LogP contribution in [0.15, 0.2) is 30.3 Å². The van der Waals surface area contributed by atoms with E-state index in [0.29, 0.717) is 12.8 Å². The number of carboxylic acids is 1. The van der Waals surface area contributed by atoms with Crippen LogP contribution in [-0.4, -0.2) is 33.2 Å². The normalized spacial score (nSPS) is 16.1. The summed E-state index contributed by atoms with van der Waals surface area (Å²) in [7, 11) is 0. The van der Waals surface area contributed by atoms with Crippen molar-refractivity contribution in [1.82, 2.24) is 4.90 Å². The predicted octanol–water partition coefficient (Wildman–Crippen LogP) is 3.04. The number of aliphatic carboxylic acids is 1. The Hall–Kier alpha value is -2.04. The molecule has 0 bridgehead atoms. The van der Waals surface area contributed by atoms with Gasteiger partial charge in [-0.3, -0.25) is 4.90 Å². The Kier molecular flexibility index (Phi) is 3.94. The van der Waals surface area contributed by atoms with Gasteiger partial charge in [-0.1, -0.05) is 30.3 Å². The zero-order valence-electron chi connectivity index (χ0n) is 12.6. The van der Waals surface area contributed by atoms with E-state index in [9.17, 15) is 14.7 Å². The maximum absolute atomic E-state index is 12.4. The average Bonchev–Trinajstić information content (AvgIpc) is 3.16. The molecule has 1 aliphatic carbocycles. The first-order valence-electron chi connectivity index (χ1n) is 7.02. The number of hydrogen-bond acceptors (Lipinski definition) is 3. The third-order valence-corrected chi connectivity index (χ3v) is 3.44. The molecule has 2 rings (SSSR count). The van der Waals surface area contributed by atoms with Crippen LogP contribution in [0.2, 0.25) is 0 Å². The molecule has 21 heavy (non-hydrogen) atoms. The van der Waals surface area contributed by atoms with Gasteiger partial charge in [0, 0.05) is 0 Å². The number of rotatable bonds is 4. The smallest absolute Gasteiger partial charge is 0.411 e. The number of ether oxygens (including phenoxy) is 1. The number of carbonyl (C=O) groups is 2. The van der Waals surface area contributed by atoms with Crippen molar-refractivity contribution in [2.24, 2.45) is 0 Å². The van der Waals surface area contributed by atoms with Gasteiger partial charge in [0.1, 0.15) is 11.1 Å². The Morgan fingerprint density at radius 1 is 1.24 bits per heavy atom. The molecule has 0 spiro atoms. The molecule has 1 saturated carbocycles. The number of benzene rings is 1. The van der Waals surface area contributed by atoms with Crippen LogP contribution in [0.4, 0.5) is 4.79 Å². The lowest BCUT2D eigenvalue weighted by molar-refractivity contribution is -0.145. The molecule has 0 radical (unpaired) electrons. The third-order valence-electron chi connectivity index (χ3n) is 3.44. The summed E-state index contributed by atoms with van der Waals surface area (Å²) >= 11 is 0. The quantitative estimate of drug-likeness (QED) is 0.926. The molecule has 0 saturated heterocycles. The van der Waals surface area contributed by atoms with Crippen LogP contribution in [0, 0.1) is 0 Å². The van der Waals surface area contributed by atoms with Crippen LogP contribution in [0.5, 0.6) is 0 Å². The molecular formula is C16H21NO4. The molecule has 1 aromatic carbocycles. The van der Waals surface area contributed by atoms with Crippen molar-refractivity contribution in [1.29, 1.82) is 0 Å². The van der Waals surface area contributed by atoms with Crippen molar-refractivity contribution in [2.75, 3.05) is 0 Å². The molecule has 114 valence electrons. The Morgan fingerprint density at radius 3 is 2.24 bits per heavy atom.